The quantitative estimate of drug-likeness (QED) is 0.180. The zero-order valence-electron chi connectivity index (χ0n) is 26.6. The highest BCUT2D eigenvalue weighted by Crippen LogP contribution is 2.47. The molecule has 0 spiro atoms. The second kappa shape index (κ2) is 14.6. The van der Waals surface area contributed by atoms with Gasteiger partial charge in [0.2, 0.25) is 11.8 Å². The highest BCUT2D eigenvalue weighted by atomic mass is 79.9. The zero-order chi connectivity index (χ0) is 33.1. The second-order valence-electron chi connectivity index (χ2n) is 13.0. The number of amides is 2. The van der Waals surface area contributed by atoms with Crippen molar-refractivity contribution in [2.75, 3.05) is 19.7 Å². The van der Waals surface area contributed by atoms with Crippen molar-refractivity contribution in [2.24, 2.45) is 17.8 Å². The van der Waals surface area contributed by atoms with Gasteiger partial charge >= 0.3 is 0 Å². The Balaban J connectivity index is 1.16. The number of phenolic OH excluding ortho intramolecular Hbond substituents is 1. The molecule has 8 nitrogen and oxygen atoms in total. The van der Waals surface area contributed by atoms with Crippen molar-refractivity contribution in [3.05, 3.63) is 105 Å². The number of piperidine rings is 1. The summed E-state index contributed by atoms with van der Waals surface area (Å²) in [4.78, 5) is 36.2. The van der Waals surface area contributed by atoms with Crippen LogP contribution < -0.4 is 0 Å². The maximum Gasteiger partial charge on any atom is 0.234 e. The van der Waals surface area contributed by atoms with E-state index in [4.69, 9.17) is 0 Å². The summed E-state index contributed by atoms with van der Waals surface area (Å²) >= 11 is 3.47. The summed E-state index contributed by atoms with van der Waals surface area (Å²) in [5, 5.41) is 32.8. The first-order valence-electron chi connectivity index (χ1n) is 16.5. The van der Waals surface area contributed by atoms with E-state index >= 15 is 0 Å². The van der Waals surface area contributed by atoms with Crippen molar-refractivity contribution in [2.45, 2.75) is 57.7 Å². The van der Waals surface area contributed by atoms with E-state index in [-0.39, 0.29) is 30.2 Å². The van der Waals surface area contributed by atoms with Crippen LogP contribution in [-0.2, 0) is 16.1 Å². The molecule has 1 aromatic heterocycles. The molecule has 3 N–H and O–H groups in total. The number of hydrogen-bond donors (Lipinski definition) is 3. The van der Waals surface area contributed by atoms with E-state index in [0.717, 1.165) is 53.8 Å². The number of fused-ring (bicyclic) bond motifs is 1. The number of allylic oxidation sites excluding steroid dienone is 2. The van der Waals surface area contributed by atoms with Gasteiger partial charge in [0.15, 0.2) is 0 Å². The number of carbonyl (C=O) groups is 2. The summed E-state index contributed by atoms with van der Waals surface area (Å²) in [6.45, 7) is 4.05. The van der Waals surface area contributed by atoms with Crippen LogP contribution in [-0.4, -0.2) is 73.8 Å². The van der Waals surface area contributed by atoms with Crippen LogP contribution in [0.15, 0.2) is 88.5 Å². The van der Waals surface area contributed by atoms with Crippen LogP contribution in [0.5, 0.6) is 5.75 Å². The van der Waals surface area contributed by atoms with Gasteiger partial charge in [-0.15, -0.1) is 0 Å². The molecule has 47 heavy (non-hydrogen) atoms. The topological polar surface area (TPSA) is 114 Å². The van der Waals surface area contributed by atoms with Gasteiger partial charge in [-0.1, -0.05) is 57.9 Å². The molecule has 0 bridgehead atoms. The molecule has 9 heteroatoms. The Hall–Kier alpha value is -3.63. The van der Waals surface area contributed by atoms with Crippen LogP contribution in [0, 0.1) is 17.8 Å². The van der Waals surface area contributed by atoms with Crippen LogP contribution in [0.2, 0.25) is 0 Å². The van der Waals surface area contributed by atoms with Crippen LogP contribution in [0.4, 0.5) is 0 Å². The van der Waals surface area contributed by atoms with Gasteiger partial charge in [0.1, 0.15) is 5.75 Å². The lowest BCUT2D eigenvalue weighted by Crippen LogP contribution is -2.47. The van der Waals surface area contributed by atoms with Crippen LogP contribution >= 0.6 is 15.9 Å². The van der Waals surface area contributed by atoms with Gasteiger partial charge < -0.3 is 15.3 Å². The SMILES string of the molecule is CC1=C([C@H](O)CC/C(=C/c2cc(Br)ccc2O)c2ccccn2)[C@H](CO)[C@@H]2C(=O)N(C3CCN(Cc4ccccc4)CC3)C(=O)[C@@H]2C1. The zero-order valence-corrected chi connectivity index (χ0v) is 28.2. The van der Waals surface area contributed by atoms with Crippen LogP contribution in [0.3, 0.4) is 0 Å². The molecule has 0 radical (unpaired) electrons. The summed E-state index contributed by atoms with van der Waals surface area (Å²) in [7, 11) is 0. The van der Waals surface area contributed by atoms with E-state index in [1.54, 1.807) is 18.3 Å². The van der Waals surface area contributed by atoms with Crippen molar-refractivity contribution in [1.29, 1.82) is 0 Å². The number of carbonyl (C=O) groups excluding carboxylic acids is 2. The molecule has 2 aliphatic heterocycles. The number of nitrogens with zero attached hydrogens (tertiary/aromatic N) is 3. The largest absolute Gasteiger partial charge is 0.507 e. The lowest BCUT2D eigenvalue weighted by Gasteiger charge is -2.36. The van der Waals surface area contributed by atoms with E-state index < -0.39 is 23.9 Å². The molecule has 3 aromatic rings. The summed E-state index contributed by atoms with van der Waals surface area (Å²) in [6, 6.07) is 21.0. The Morgan fingerprint density at radius 3 is 2.49 bits per heavy atom. The summed E-state index contributed by atoms with van der Waals surface area (Å²) in [5.74, 6) is -2.02. The lowest BCUT2D eigenvalue weighted by atomic mass is 9.68. The number of likely N-dealkylation sites (tertiary alicyclic amines) is 2. The molecule has 2 aromatic carbocycles. The smallest absolute Gasteiger partial charge is 0.234 e. The molecule has 246 valence electrons. The number of aliphatic hydroxyl groups is 2. The maximum atomic E-state index is 14.0. The maximum absolute atomic E-state index is 14.0. The first kappa shape index (κ1) is 33.3. The number of benzene rings is 2. The molecule has 2 amide bonds. The van der Waals surface area contributed by atoms with E-state index in [0.29, 0.717) is 30.4 Å². The van der Waals surface area contributed by atoms with Crippen molar-refractivity contribution in [3.63, 3.8) is 0 Å². The number of aliphatic hydroxyl groups excluding tert-OH is 2. The predicted molar refractivity (Wildman–Crippen MR) is 185 cm³/mol. The third kappa shape index (κ3) is 7.14. The first-order valence-corrected chi connectivity index (χ1v) is 17.3. The molecule has 2 fully saturated rings. The molecule has 2 saturated heterocycles. The molecule has 0 saturated carbocycles. The number of halogens is 1. The third-order valence-electron chi connectivity index (χ3n) is 10.1. The standard InChI is InChI=1S/C38H42BrN3O5/c1-24-19-30-36(38(47)42(37(30)46)29-14-17-41(18-15-29)22-25-7-3-2-4-8-25)31(23-43)35(24)34(45)12-10-26(32-9-5-6-16-40-32)20-27-21-28(39)11-13-33(27)44/h2-9,11,13,16,20-21,29-31,34,36,43-45H,10,12,14-15,17-19,22-23H2,1H3/b26-20-/t30-,31+,34-,36-/m1/s1. The third-order valence-corrected chi connectivity index (χ3v) is 10.6. The predicted octanol–water partition coefficient (Wildman–Crippen LogP) is 5.83. The Labute approximate surface area is 284 Å². The minimum atomic E-state index is -0.922. The highest BCUT2D eigenvalue weighted by molar-refractivity contribution is 9.10. The minimum Gasteiger partial charge on any atom is -0.507 e. The number of hydrogen-bond acceptors (Lipinski definition) is 7. The van der Waals surface area contributed by atoms with Crippen LogP contribution in [0.25, 0.3) is 11.6 Å². The minimum absolute atomic E-state index is 0.134. The fourth-order valence-electron chi connectivity index (χ4n) is 7.78. The Morgan fingerprint density at radius 2 is 1.79 bits per heavy atom. The highest BCUT2D eigenvalue weighted by Gasteiger charge is 2.56. The van der Waals surface area contributed by atoms with E-state index in [1.165, 1.54) is 10.5 Å². The number of imide groups is 1. The first-order chi connectivity index (χ1) is 22.7. The molecule has 3 aliphatic rings. The fourth-order valence-corrected chi connectivity index (χ4v) is 8.16. The molecule has 6 rings (SSSR count). The van der Waals surface area contributed by atoms with Gasteiger partial charge in [-0.25, -0.2) is 0 Å². The Morgan fingerprint density at radius 1 is 1.04 bits per heavy atom. The Bertz CT molecular complexity index is 1650. The average molecular weight is 701 g/mol. The molecular weight excluding hydrogens is 658 g/mol. The van der Waals surface area contributed by atoms with Gasteiger partial charge in [0.05, 0.1) is 30.2 Å². The molecule has 1 aliphatic carbocycles. The Kier molecular flexibility index (Phi) is 10.4. The van der Waals surface area contributed by atoms with Gasteiger partial charge in [-0.3, -0.25) is 24.4 Å². The van der Waals surface area contributed by atoms with Gasteiger partial charge in [-0.2, -0.15) is 0 Å². The summed E-state index contributed by atoms with van der Waals surface area (Å²) in [5.41, 5.74) is 4.97. The van der Waals surface area contributed by atoms with Crippen molar-refractivity contribution in [1.82, 2.24) is 14.8 Å². The van der Waals surface area contributed by atoms with Crippen LogP contribution in [0.1, 0.15) is 55.8 Å². The molecule has 4 atom stereocenters. The summed E-state index contributed by atoms with van der Waals surface area (Å²) < 4.78 is 0.827. The van der Waals surface area contributed by atoms with Crippen molar-refractivity contribution >= 4 is 39.4 Å². The van der Waals surface area contributed by atoms with E-state index in [9.17, 15) is 24.9 Å². The molecule has 3 heterocycles. The molecule has 0 unspecified atom stereocenters. The summed E-state index contributed by atoms with van der Waals surface area (Å²) in [6.07, 6.45) is 5.27. The monoisotopic (exact) mass is 699 g/mol. The fraction of sp³-hybridized carbons (Fsp3) is 0.395. The number of pyridine rings is 1. The van der Waals surface area contributed by atoms with E-state index in [1.807, 2.05) is 55.5 Å². The number of rotatable bonds is 10. The van der Waals surface area contributed by atoms with Crippen molar-refractivity contribution < 1.29 is 24.9 Å². The lowest BCUT2D eigenvalue weighted by molar-refractivity contribution is -0.144. The van der Waals surface area contributed by atoms with E-state index in [2.05, 4.69) is 37.9 Å². The molecular formula is C38H42BrN3O5. The number of aromatic hydroxyl groups is 1. The normalized spacial score (nSPS) is 23.4. The number of phenols is 1. The van der Waals surface area contributed by atoms with Gasteiger partial charge in [-0.05, 0) is 92.1 Å². The van der Waals surface area contributed by atoms with Gasteiger partial charge in [0, 0.05) is 47.8 Å². The van der Waals surface area contributed by atoms with Gasteiger partial charge in [0.25, 0.3) is 0 Å². The average Bonchev–Trinajstić information content (AvgIpc) is 3.33. The van der Waals surface area contributed by atoms with Crippen molar-refractivity contribution in [3.8, 4) is 5.75 Å². The second-order valence-corrected chi connectivity index (χ2v) is 14.0. The number of aromatic nitrogens is 1.